The Morgan fingerprint density at radius 2 is 2.29 bits per heavy atom. The van der Waals surface area contributed by atoms with E-state index in [2.05, 4.69) is 25.1 Å². The van der Waals surface area contributed by atoms with E-state index >= 15 is 0 Å². The fourth-order valence-corrected chi connectivity index (χ4v) is 2.95. The van der Waals surface area contributed by atoms with Crippen molar-refractivity contribution in [3.05, 3.63) is 30.5 Å². The summed E-state index contributed by atoms with van der Waals surface area (Å²) in [6, 6.07) is 0. The number of nitrogens with one attached hydrogen (secondary N) is 1. The van der Waals surface area contributed by atoms with E-state index < -0.39 is 0 Å². The fourth-order valence-electron chi connectivity index (χ4n) is 2.95. The van der Waals surface area contributed by atoms with Crippen LogP contribution in [0.4, 0.5) is 0 Å². The normalized spacial score (nSPS) is 19.8. The number of aromatic amines is 1. The Morgan fingerprint density at radius 3 is 3.10 bits per heavy atom. The molecule has 3 heterocycles. The van der Waals surface area contributed by atoms with Crippen molar-refractivity contribution in [1.29, 1.82) is 0 Å². The third-order valence-electron chi connectivity index (χ3n) is 4.00. The molecule has 1 aliphatic rings. The van der Waals surface area contributed by atoms with Crippen LogP contribution in [0.15, 0.2) is 24.8 Å². The van der Waals surface area contributed by atoms with Crippen molar-refractivity contribution in [2.24, 2.45) is 0 Å². The smallest absolute Gasteiger partial charge is 0.0952 e. The van der Waals surface area contributed by atoms with Crippen molar-refractivity contribution in [3.8, 4) is 11.3 Å². The molecule has 1 aliphatic heterocycles. The molecule has 21 heavy (non-hydrogen) atoms. The van der Waals surface area contributed by atoms with E-state index in [-0.39, 0.29) is 0 Å². The van der Waals surface area contributed by atoms with E-state index in [0.29, 0.717) is 5.92 Å². The van der Waals surface area contributed by atoms with Crippen molar-refractivity contribution in [2.75, 3.05) is 33.4 Å². The summed E-state index contributed by atoms with van der Waals surface area (Å²) < 4.78 is 5.19. The summed E-state index contributed by atoms with van der Waals surface area (Å²) in [6.07, 6.45) is 9.56. The van der Waals surface area contributed by atoms with E-state index in [4.69, 9.17) is 4.74 Å². The van der Waals surface area contributed by atoms with Crippen LogP contribution in [0.5, 0.6) is 0 Å². The van der Waals surface area contributed by atoms with Crippen LogP contribution in [-0.4, -0.2) is 58.4 Å². The summed E-state index contributed by atoms with van der Waals surface area (Å²) >= 11 is 0. The second-order valence-corrected chi connectivity index (χ2v) is 5.41. The molecule has 0 aliphatic carbocycles. The molecular formula is C15H21N5O. The molecular weight excluding hydrogens is 266 g/mol. The molecule has 1 atom stereocenters. The lowest BCUT2D eigenvalue weighted by Crippen LogP contribution is -2.37. The highest BCUT2D eigenvalue weighted by atomic mass is 16.5. The number of rotatable bonds is 5. The summed E-state index contributed by atoms with van der Waals surface area (Å²) in [7, 11) is 1.75. The molecule has 112 valence electrons. The first-order valence-electron chi connectivity index (χ1n) is 7.40. The van der Waals surface area contributed by atoms with E-state index in [0.717, 1.165) is 49.6 Å². The Morgan fingerprint density at radius 1 is 1.38 bits per heavy atom. The van der Waals surface area contributed by atoms with Gasteiger partial charge in [0.15, 0.2) is 0 Å². The lowest BCUT2D eigenvalue weighted by Gasteiger charge is -2.32. The highest BCUT2D eigenvalue weighted by Gasteiger charge is 2.25. The van der Waals surface area contributed by atoms with Gasteiger partial charge in [0.25, 0.3) is 0 Å². The standard InChI is InChI=1S/C15H21N5O/c1-21-8-7-20-6-2-3-12(11-20)14-15(17-5-4-16-14)13-9-18-19-10-13/h4-5,9-10,12H,2-3,6-8,11H2,1H3,(H,18,19)/t12-/m0/s1. The summed E-state index contributed by atoms with van der Waals surface area (Å²) in [5, 5.41) is 6.87. The molecule has 1 fully saturated rings. The van der Waals surface area contributed by atoms with Gasteiger partial charge in [-0.2, -0.15) is 5.10 Å². The highest BCUT2D eigenvalue weighted by Crippen LogP contribution is 2.31. The summed E-state index contributed by atoms with van der Waals surface area (Å²) in [5.74, 6) is 0.425. The Bertz CT molecular complexity index is 557. The van der Waals surface area contributed by atoms with Crippen LogP contribution in [0.25, 0.3) is 11.3 Å². The third kappa shape index (κ3) is 3.28. The monoisotopic (exact) mass is 287 g/mol. The molecule has 0 saturated carbocycles. The minimum atomic E-state index is 0.425. The Kier molecular flexibility index (Phi) is 4.57. The number of hydrogen-bond donors (Lipinski definition) is 1. The highest BCUT2D eigenvalue weighted by molar-refractivity contribution is 5.60. The number of hydrogen-bond acceptors (Lipinski definition) is 5. The first kappa shape index (κ1) is 14.2. The van der Waals surface area contributed by atoms with Gasteiger partial charge in [0, 0.05) is 50.3 Å². The van der Waals surface area contributed by atoms with Crippen molar-refractivity contribution >= 4 is 0 Å². The van der Waals surface area contributed by atoms with Crippen LogP contribution in [0.2, 0.25) is 0 Å². The molecule has 0 spiro atoms. The molecule has 0 amide bonds. The predicted octanol–water partition coefficient (Wildman–Crippen LogP) is 1.69. The average Bonchev–Trinajstić information content (AvgIpc) is 3.07. The van der Waals surface area contributed by atoms with E-state index in [1.807, 2.05) is 6.20 Å². The van der Waals surface area contributed by atoms with Gasteiger partial charge in [-0.3, -0.25) is 15.1 Å². The maximum absolute atomic E-state index is 5.19. The summed E-state index contributed by atoms with van der Waals surface area (Å²) in [6.45, 7) is 3.92. The van der Waals surface area contributed by atoms with Gasteiger partial charge in [0.2, 0.25) is 0 Å². The van der Waals surface area contributed by atoms with Gasteiger partial charge in [-0.25, -0.2) is 0 Å². The number of ether oxygens (including phenoxy) is 1. The third-order valence-corrected chi connectivity index (χ3v) is 4.00. The maximum atomic E-state index is 5.19. The van der Waals surface area contributed by atoms with Gasteiger partial charge in [0.1, 0.15) is 0 Å². The van der Waals surface area contributed by atoms with Gasteiger partial charge in [-0.15, -0.1) is 0 Å². The van der Waals surface area contributed by atoms with Crippen LogP contribution < -0.4 is 0 Å². The topological polar surface area (TPSA) is 66.9 Å². The number of methoxy groups -OCH3 is 1. The second-order valence-electron chi connectivity index (χ2n) is 5.41. The van der Waals surface area contributed by atoms with E-state index in [9.17, 15) is 0 Å². The minimum absolute atomic E-state index is 0.425. The summed E-state index contributed by atoms with van der Waals surface area (Å²) in [4.78, 5) is 11.6. The molecule has 6 heteroatoms. The second kappa shape index (κ2) is 6.78. The zero-order chi connectivity index (χ0) is 14.5. The molecule has 0 radical (unpaired) electrons. The van der Waals surface area contributed by atoms with Gasteiger partial charge in [0.05, 0.1) is 24.2 Å². The first-order chi connectivity index (χ1) is 10.4. The fraction of sp³-hybridized carbons (Fsp3) is 0.533. The van der Waals surface area contributed by atoms with Crippen LogP contribution in [0, 0.1) is 0 Å². The zero-order valence-electron chi connectivity index (χ0n) is 12.3. The first-order valence-corrected chi connectivity index (χ1v) is 7.40. The van der Waals surface area contributed by atoms with Gasteiger partial charge >= 0.3 is 0 Å². The molecule has 1 saturated heterocycles. The lowest BCUT2D eigenvalue weighted by atomic mass is 9.92. The van der Waals surface area contributed by atoms with E-state index in [1.165, 1.54) is 6.42 Å². The molecule has 3 rings (SSSR count). The zero-order valence-corrected chi connectivity index (χ0v) is 12.3. The molecule has 0 unspecified atom stereocenters. The summed E-state index contributed by atoms with van der Waals surface area (Å²) in [5.41, 5.74) is 3.04. The van der Waals surface area contributed by atoms with Crippen molar-refractivity contribution in [3.63, 3.8) is 0 Å². The van der Waals surface area contributed by atoms with Crippen LogP contribution in [0.1, 0.15) is 24.5 Å². The Labute approximate surface area is 124 Å². The molecule has 2 aromatic rings. The maximum Gasteiger partial charge on any atom is 0.0952 e. The van der Waals surface area contributed by atoms with Gasteiger partial charge in [-0.05, 0) is 19.4 Å². The molecule has 0 bridgehead atoms. The lowest BCUT2D eigenvalue weighted by molar-refractivity contribution is 0.127. The molecule has 0 aromatic carbocycles. The Balaban J connectivity index is 1.80. The largest absolute Gasteiger partial charge is 0.383 e. The van der Waals surface area contributed by atoms with Crippen LogP contribution in [0.3, 0.4) is 0 Å². The van der Waals surface area contributed by atoms with Crippen molar-refractivity contribution < 1.29 is 4.74 Å². The molecule has 6 nitrogen and oxygen atoms in total. The quantitative estimate of drug-likeness (QED) is 0.906. The number of aromatic nitrogens is 4. The van der Waals surface area contributed by atoms with Crippen molar-refractivity contribution in [2.45, 2.75) is 18.8 Å². The minimum Gasteiger partial charge on any atom is -0.383 e. The van der Waals surface area contributed by atoms with Crippen LogP contribution >= 0.6 is 0 Å². The van der Waals surface area contributed by atoms with Gasteiger partial charge in [-0.1, -0.05) is 0 Å². The molecule has 2 aromatic heterocycles. The number of piperidine rings is 1. The number of likely N-dealkylation sites (tertiary alicyclic amines) is 1. The van der Waals surface area contributed by atoms with E-state index in [1.54, 1.807) is 25.7 Å². The average molecular weight is 287 g/mol. The van der Waals surface area contributed by atoms with Crippen LogP contribution in [-0.2, 0) is 4.74 Å². The number of nitrogens with zero attached hydrogens (tertiary/aromatic N) is 4. The Hall–Kier alpha value is -1.79. The van der Waals surface area contributed by atoms with Gasteiger partial charge < -0.3 is 9.64 Å². The predicted molar refractivity (Wildman–Crippen MR) is 79.9 cm³/mol. The molecule has 1 N–H and O–H groups in total. The SMILES string of the molecule is COCCN1CCC[C@H](c2nccnc2-c2cn[nH]c2)C1. The van der Waals surface area contributed by atoms with Crippen molar-refractivity contribution in [1.82, 2.24) is 25.1 Å². The number of H-pyrrole nitrogens is 1.